The van der Waals surface area contributed by atoms with E-state index in [1.807, 2.05) is 43.3 Å². The molecule has 0 aromatic heterocycles. The van der Waals surface area contributed by atoms with Gasteiger partial charge in [0.05, 0.1) is 5.41 Å². The van der Waals surface area contributed by atoms with Crippen LogP contribution in [0.1, 0.15) is 50.2 Å². The van der Waals surface area contributed by atoms with Crippen molar-refractivity contribution in [3.8, 4) is 11.1 Å². The smallest absolute Gasteiger partial charge is 0.407 e. The molecule has 2 N–H and O–H groups in total. The van der Waals surface area contributed by atoms with Gasteiger partial charge in [0.25, 0.3) is 0 Å². The average Bonchev–Trinajstić information content (AvgIpc) is 3.38. The Morgan fingerprint density at radius 1 is 1.12 bits per heavy atom. The predicted molar refractivity (Wildman–Crippen MR) is 124 cm³/mol. The van der Waals surface area contributed by atoms with Crippen LogP contribution >= 0.6 is 0 Å². The summed E-state index contributed by atoms with van der Waals surface area (Å²) in [6.07, 6.45) is 1.04. The highest BCUT2D eigenvalue weighted by Crippen LogP contribution is 2.44. The summed E-state index contributed by atoms with van der Waals surface area (Å²) in [5, 5.41) is 12.3. The second-order valence-corrected chi connectivity index (χ2v) is 9.04. The second kappa shape index (κ2) is 9.25. The van der Waals surface area contributed by atoms with Gasteiger partial charge in [0.1, 0.15) is 12.6 Å². The Morgan fingerprint density at radius 3 is 2.30 bits per heavy atom. The SMILES string of the molecule is CCCC1(C(=O)O)CCN(C(=O)[C@H](C)NC(=O)OCC2c3ccccc3-c3ccccc32)C1. The third-order valence-corrected chi connectivity index (χ3v) is 6.90. The molecule has 1 unspecified atom stereocenters. The number of carbonyl (C=O) groups is 3. The number of carbonyl (C=O) groups excluding carboxylic acids is 2. The topological polar surface area (TPSA) is 95.9 Å². The Bertz CT molecular complexity index is 1020. The average molecular weight is 451 g/mol. The highest BCUT2D eigenvalue weighted by Gasteiger charge is 2.46. The van der Waals surface area contributed by atoms with Gasteiger partial charge >= 0.3 is 12.1 Å². The minimum absolute atomic E-state index is 0.0574. The first-order valence-electron chi connectivity index (χ1n) is 11.5. The van der Waals surface area contributed by atoms with Crippen LogP contribution in [0.2, 0.25) is 0 Å². The van der Waals surface area contributed by atoms with Gasteiger partial charge in [-0.3, -0.25) is 9.59 Å². The lowest BCUT2D eigenvalue weighted by atomic mass is 9.83. The van der Waals surface area contributed by atoms with E-state index in [-0.39, 0.29) is 25.0 Å². The highest BCUT2D eigenvalue weighted by atomic mass is 16.5. The van der Waals surface area contributed by atoms with E-state index in [2.05, 4.69) is 17.4 Å². The van der Waals surface area contributed by atoms with E-state index in [1.165, 1.54) is 4.90 Å². The fourth-order valence-corrected chi connectivity index (χ4v) is 5.18. The number of hydrogen-bond donors (Lipinski definition) is 2. The molecule has 7 nitrogen and oxygen atoms in total. The fraction of sp³-hybridized carbons (Fsp3) is 0.423. The molecule has 2 aliphatic rings. The van der Waals surface area contributed by atoms with Crippen LogP contribution in [0.4, 0.5) is 4.79 Å². The Hall–Kier alpha value is -3.35. The predicted octanol–water partition coefficient (Wildman–Crippen LogP) is 4.02. The molecule has 4 rings (SSSR count). The summed E-state index contributed by atoms with van der Waals surface area (Å²) in [5.41, 5.74) is 3.64. The zero-order valence-electron chi connectivity index (χ0n) is 19.0. The van der Waals surface area contributed by atoms with Crippen LogP contribution in [-0.4, -0.2) is 53.7 Å². The van der Waals surface area contributed by atoms with Crippen LogP contribution in [0.5, 0.6) is 0 Å². The zero-order chi connectivity index (χ0) is 23.6. The molecule has 33 heavy (non-hydrogen) atoms. The number of nitrogens with zero attached hydrogens (tertiary/aromatic N) is 1. The van der Waals surface area contributed by atoms with Crippen LogP contribution in [0.25, 0.3) is 11.1 Å². The summed E-state index contributed by atoms with van der Waals surface area (Å²) in [6, 6.07) is 15.4. The van der Waals surface area contributed by atoms with Gasteiger partial charge in [-0.15, -0.1) is 0 Å². The van der Waals surface area contributed by atoms with E-state index >= 15 is 0 Å². The van der Waals surface area contributed by atoms with Crippen LogP contribution in [0, 0.1) is 5.41 Å². The van der Waals surface area contributed by atoms with Crippen molar-refractivity contribution in [2.45, 2.75) is 45.1 Å². The lowest BCUT2D eigenvalue weighted by Crippen LogP contribution is -2.47. The van der Waals surface area contributed by atoms with E-state index < -0.39 is 23.5 Å². The number of amides is 2. The zero-order valence-corrected chi connectivity index (χ0v) is 19.0. The number of ether oxygens (including phenoxy) is 1. The minimum atomic E-state index is -0.895. The van der Waals surface area contributed by atoms with Crippen molar-refractivity contribution >= 4 is 18.0 Å². The third-order valence-electron chi connectivity index (χ3n) is 6.90. The summed E-state index contributed by atoms with van der Waals surface area (Å²) in [6.45, 7) is 4.26. The van der Waals surface area contributed by atoms with Crippen LogP contribution < -0.4 is 5.32 Å². The number of aliphatic carboxylic acids is 1. The fourth-order valence-electron chi connectivity index (χ4n) is 5.18. The normalized spacial score (nSPS) is 20.1. The summed E-state index contributed by atoms with van der Waals surface area (Å²) in [5.74, 6) is -1.21. The van der Waals surface area contributed by atoms with Crippen LogP contribution in [-0.2, 0) is 14.3 Å². The monoisotopic (exact) mass is 450 g/mol. The van der Waals surface area contributed by atoms with Crippen molar-refractivity contribution in [3.63, 3.8) is 0 Å². The van der Waals surface area contributed by atoms with Crippen molar-refractivity contribution in [2.24, 2.45) is 5.41 Å². The first-order valence-corrected chi connectivity index (χ1v) is 11.5. The van der Waals surface area contributed by atoms with Crippen molar-refractivity contribution in [1.82, 2.24) is 10.2 Å². The third kappa shape index (κ3) is 4.32. The first-order chi connectivity index (χ1) is 15.9. The van der Waals surface area contributed by atoms with E-state index in [9.17, 15) is 19.5 Å². The van der Waals surface area contributed by atoms with Crippen LogP contribution in [0.15, 0.2) is 48.5 Å². The number of rotatable bonds is 7. The first kappa shape index (κ1) is 22.8. The van der Waals surface area contributed by atoms with Gasteiger partial charge in [-0.05, 0) is 42.0 Å². The molecule has 1 aliphatic heterocycles. The Kier molecular flexibility index (Phi) is 6.40. The van der Waals surface area contributed by atoms with Gasteiger partial charge in [-0.1, -0.05) is 61.9 Å². The quantitative estimate of drug-likeness (QED) is 0.664. The van der Waals surface area contributed by atoms with Crippen molar-refractivity contribution in [3.05, 3.63) is 59.7 Å². The Balaban J connectivity index is 1.35. The molecule has 1 saturated heterocycles. The van der Waals surface area contributed by atoms with Crippen molar-refractivity contribution in [2.75, 3.05) is 19.7 Å². The van der Waals surface area contributed by atoms with Gasteiger partial charge in [-0.2, -0.15) is 0 Å². The van der Waals surface area contributed by atoms with Gasteiger partial charge < -0.3 is 20.1 Å². The maximum atomic E-state index is 12.8. The number of fused-ring (bicyclic) bond motifs is 3. The number of carboxylic acids is 1. The van der Waals surface area contributed by atoms with E-state index in [0.717, 1.165) is 28.7 Å². The largest absolute Gasteiger partial charge is 0.481 e. The lowest BCUT2D eigenvalue weighted by Gasteiger charge is -2.26. The van der Waals surface area contributed by atoms with E-state index in [0.29, 0.717) is 19.4 Å². The Labute approximate surface area is 193 Å². The molecular weight excluding hydrogens is 420 g/mol. The summed E-state index contributed by atoms with van der Waals surface area (Å²) >= 11 is 0. The maximum absolute atomic E-state index is 12.8. The summed E-state index contributed by atoms with van der Waals surface area (Å²) in [7, 11) is 0. The molecule has 7 heteroatoms. The molecule has 1 heterocycles. The lowest BCUT2D eigenvalue weighted by molar-refractivity contribution is -0.149. The number of benzene rings is 2. The molecule has 0 saturated carbocycles. The standard InChI is InChI=1S/C26H30N2O5/c1-3-12-26(24(30)31)13-14-28(16-26)23(29)17(2)27-25(32)33-15-22-20-10-6-4-8-18(20)19-9-5-7-11-21(19)22/h4-11,17,22H,3,12-16H2,1-2H3,(H,27,32)(H,30,31)/t17-,26?/m0/s1. The number of hydrogen-bond acceptors (Lipinski definition) is 4. The minimum Gasteiger partial charge on any atom is -0.481 e. The Morgan fingerprint density at radius 2 is 1.73 bits per heavy atom. The molecular formula is C26H30N2O5. The molecule has 2 atom stereocenters. The number of carboxylic acid groups (broad SMARTS) is 1. The van der Waals surface area contributed by atoms with Gasteiger partial charge in [0, 0.05) is 19.0 Å². The molecule has 2 amide bonds. The maximum Gasteiger partial charge on any atom is 0.407 e. The number of likely N-dealkylation sites (tertiary alicyclic amines) is 1. The molecule has 2 aromatic rings. The molecule has 0 spiro atoms. The van der Waals surface area contributed by atoms with Crippen molar-refractivity contribution < 1.29 is 24.2 Å². The van der Waals surface area contributed by atoms with Crippen molar-refractivity contribution in [1.29, 1.82) is 0 Å². The van der Waals surface area contributed by atoms with Gasteiger partial charge in [-0.25, -0.2) is 4.79 Å². The summed E-state index contributed by atoms with van der Waals surface area (Å²) in [4.78, 5) is 38.7. The molecule has 174 valence electrons. The van der Waals surface area contributed by atoms with E-state index in [4.69, 9.17) is 4.74 Å². The number of nitrogens with one attached hydrogen (secondary N) is 1. The highest BCUT2D eigenvalue weighted by molar-refractivity contribution is 5.87. The van der Waals surface area contributed by atoms with E-state index in [1.54, 1.807) is 6.92 Å². The molecule has 2 aromatic carbocycles. The summed E-state index contributed by atoms with van der Waals surface area (Å²) < 4.78 is 5.53. The number of alkyl carbamates (subject to hydrolysis) is 1. The van der Waals surface area contributed by atoms with Crippen LogP contribution in [0.3, 0.4) is 0 Å². The molecule has 0 bridgehead atoms. The molecule has 1 aliphatic carbocycles. The van der Waals surface area contributed by atoms with Gasteiger partial charge in [0.15, 0.2) is 0 Å². The molecule has 1 fully saturated rings. The second-order valence-electron chi connectivity index (χ2n) is 9.04. The van der Waals surface area contributed by atoms with Gasteiger partial charge in [0.2, 0.25) is 5.91 Å². The molecule has 0 radical (unpaired) electrons.